The number of likely N-dealkylation sites (tertiary alicyclic amines) is 1. The molecule has 1 unspecified atom stereocenters. The monoisotopic (exact) mass is 318 g/mol. The van der Waals surface area contributed by atoms with Gasteiger partial charge < -0.3 is 19.5 Å². The molecule has 1 aromatic rings. The summed E-state index contributed by atoms with van der Waals surface area (Å²) < 4.78 is 38.3. The minimum absolute atomic E-state index is 0.0507. The predicted molar refractivity (Wildman–Crippen MR) is 83.0 cm³/mol. The molecule has 2 bridgehead atoms. The van der Waals surface area contributed by atoms with Crippen LogP contribution < -0.4 is 9.47 Å². The Bertz CT molecular complexity index is 861. The summed E-state index contributed by atoms with van der Waals surface area (Å²) in [5.41, 5.74) is -2.00. The Hall–Kier alpha value is -1.59. The van der Waals surface area contributed by atoms with Crippen LogP contribution in [0.15, 0.2) is 12.1 Å². The second-order valence-electron chi connectivity index (χ2n) is 6.96. The maximum Gasteiger partial charge on any atom is 0.174 e. The molecule has 4 atom stereocenters. The number of rotatable bonds is 1. The van der Waals surface area contributed by atoms with E-state index < -0.39 is 29.5 Å². The fraction of sp³-hybridized carbons (Fsp3) is 0.611. The molecule has 2 aliphatic carbocycles. The van der Waals surface area contributed by atoms with Gasteiger partial charge in [-0.25, -0.2) is 0 Å². The molecule has 5 heteroatoms. The highest BCUT2D eigenvalue weighted by molar-refractivity contribution is 5.90. The average Bonchev–Trinajstić information content (AvgIpc) is 2.96. The van der Waals surface area contributed by atoms with Crippen molar-refractivity contribution < 1.29 is 23.5 Å². The Morgan fingerprint density at radius 3 is 3.13 bits per heavy atom. The van der Waals surface area contributed by atoms with Gasteiger partial charge in [0.1, 0.15) is 0 Å². The van der Waals surface area contributed by atoms with E-state index in [1.807, 2.05) is 0 Å². The number of aliphatic hydroxyl groups is 1. The number of hydrogen-bond donors (Lipinski definition) is 1. The zero-order valence-electron chi connectivity index (χ0n) is 16.2. The maximum absolute atomic E-state index is 12.8. The fourth-order valence-electron chi connectivity index (χ4n) is 5.05. The molecule has 122 valence electrons. The molecule has 0 amide bonds. The molecule has 1 saturated heterocycles. The zero-order valence-corrected chi connectivity index (χ0v) is 13.2. The largest absolute Gasteiger partial charge is 0.493 e. The number of carbonyl (C=O) groups excluding carboxylic acids is 1. The summed E-state index contributed by atoms with van der Waals surface area (Å²) in [7, 11) is 3.17. The van der Waals surface area contributed by atoms with Gasteiger partial charge in [0.05, 0.1) is 19.5 Å². The Morgan fingerprint density at radius 2 is 2.35 bits per heavy atom. The lowest BCUT2D eigenvalue weighted by Crippen LogP contribution is -2.76. The second-order valence-corrected chi connectivity index (χ2v) is 6.96. The molecule has 5 rings (SSSR count). The van der Waals surface area contributed by atoms with Crippen molar-refractivity contribution in [2.24, 2.45) is 0 Å². The molecule has 5 nitrogen and oxygen atoms in total. The average molecular weight is 318 g/mol. The van der Waals surface area contributed by atoms with E-state index in [0.29, 0.717) is 35.6 Å². The van der Waals surface area contributed by atoms with Gasteiger partial charge in [-0.3, -0.25) is 4.79 Å². The van der Waals surface area contributed by atoms with Gasteiger partial charge in [-0.2, -0.15) is 0 Å². The molecule has 2 fully saturated rings. The van der Waals surface area contributed by atoms with Crippen molar-refractivity contribution in [3.63, 3.8) is 0 Å². The van der Waals surface area contributed by atoms with Crippen LogP contribution in [0.5, 0.6) is 11.5 Å². The Balaban J connectivity index is 1.96. The van der Waals surface area contributed by atoms with Gasteiger partial charge in [-0.15, -0.1) is 0 Å². The molecule has 1 spiro atoms. The van der Waals surface area contributed by atoms with Gasteiger partial charge in [0, 0.05) is 20.7 Å². The SMILES string of the molecule is [2H]C1([2H])c2ccc(OC)c3c2[C@]24CCN(C)[C@@]1([2H])[C@]2(O)CCC(=O)C4O3. The second kappa shape index (κ2) is 4.08. The van der Waals surface area contributed by atoms with Crippen LogP contribution in [0.25, 0.3) is 0 Å². The highest BCUT2D eigenvalue weighted by atomic mass is 16.5. The lowest BCUT2D eigenvalue weighted by Gasteiger charge is -2.62. The van der Waals surface area contributed by atoms with Crippen LogP contribution in [0.1, 0.15) is 34.5 Å². The molecule has 4 aliphatic rings. The van der Waals surface area contributed by atoms with Crippen LogP contribution in [-0.2, 0) is 16.6 Å². The van der Waals surface area contributed by atoms with E-state index in [-0.39, 0.29) is 18.6 Å². The highest BCUT2D eigenvalue weighted by Crippen LogP contribution is 2.64. The van der Waals surface area contributed by atoms with Gasteiger partial charge in [-0.1, -0.05) is 6.07 Å². The summed E-state index contributed by atoms with van der Waals surface area (Å²) in [5, 5.41) is 11.9. The van der Waals surface area contributed by atoms with Crippen LogP contribution in [0.4, 0.5) is 0 Å². The summed E-state index contributed by atoms with van der Waals surface area (Å²) in [4.78, 5) is 14.4. The molecule has 23 heavy (non-hydrogen) atoms. The zero-order chi connectivity index (χ0) is 18.7. The Kier molecular flexibility index (Phi) is 1.96. The first-order valence-electron chi connectivity index (χ1n) is 9.52. The quantitative estimate of drug-likeness (QED) is 0.839. The van der Waals surface area contributed by atoms with Gasteiger partial charge in [0.25, 0.3) is 0 Å². The number of piperidine rings is 1. The predicted octanol–water partition coefficient (Wildman–Crippen LogP) is 1.05. The lowest BCUT2D eigenvalue weighted by molar-refractivity contribution is -0.185. The molecule has 0 radical (unpaired) electrons. The number of Topliss-reactive ketones (excluding diaryl/α,β-unsaturated/α-hetero) is 1. The number of carbonyl (C=O) groups is 1. The van der Waals surface area contributed by atoms with Crippen LogP contribution in [0.2, 0.25) is 0 Å². The Labute approximate surface area is 139 Å². The number of hydrogen-bond acceptors (Lipinski definition) is 5. The minimum Gasteiger partial charge on any atom is -0.493 e. The third-order valence-corrected chi connectivity index (χ3v) is 6.10. The van der Waals surface area contributed by atoms with Crippen molar-refractivity contribution in [2.75, 3.05) is 20.7 Å². The van der Waals surface area contributed by atoms with Crippen molar-refractivity contribution in [3.8, 4) is 11.5 Å². The summed E-state index contributed by atoms with van der Waals surface area (Å²) in [6.07, 6.45) is -2.50. The van der Waals surface area contributed by atoms with Crippen molar-refractivity contribution in [1.29, 1.82) is 0 Å². The van der Waals surface area contributed by atoms with Crippen LogP contribution >= 0.6 is 0 Å². The minimum atomic E-state index is -2.14. The topological polar surface area (TPSA) is 59.0 Å². The van der Waals surface area contributed by atoms with E-state index in [0.717, 1.165) is 0 Å². The van der Waals surface area contributed by atoms with Crippen molar-refractivity contribution in [2.45, 2.75) is 48.8 Å². The van der Waals surface area contributed by atoms with E-state index in [2.05, 4.69) is 0 Å². The van der Waals surface area contributed by atoms with E-state index in [1.54, 1.807) is 24.1 Å². The molecule has 2 heterocycles. The first-order valence-corrected chi connectivity index (χ1v) is 8.02. The van der Waals surface area contributed by atoms with Crippen molar-refractivity contribution >= 4 is 5.78 Å². The third kappa shape index (κ3) is 1.32. The Morgan fingerprint density at radius 1 is 1.52 bits per heavy atom. The van der Waals surface area contributed by atoms with E-state index >= 15 is 0 Å². The number of nitrogens with zero attached hydrogens (tertiary/aromatic N) is 1. The maximum atomic E-state index is 12.8. The van der Waals surface area contributed by atoms with Crippen LogP contribution in [0, 0.1) is 0 Å². The molecular weight excluding hydrogens is 294 g/mol. The van der Waals surface area contributed by atoms with Crippen LogP contribution in [0.3, 0.4) is 0 Å². The van der Waals surface area contributed by atoms with Crippen molar-refractivity contribution in [1.82, 2.24) is 4.90 Å². The highest BCUT2D eigenvalue weighted by Gasteiger charge is 2.72. The number of benzene rings is 1. The first kappa shape index (κ1) is 11.0. The van der Waals surface area contributed by atoms with Gasteiger partial charge in [-0.05, 0) is 44.4 Å². The number of methoxy groups -OCH3 is 1. The van der Waals surface area contributed by atoms with E-state index in [9.17, 15) is 11.3 Å². The normalized spacial score (nSPS) is 47.9. The fourth-order valence-corrected chi connectivity index (χ4v) is 5.05. The molecule has 1 saturated carbocycles. The van der Waals surface area contributed by atoms with Gasteiger partial charge in [0.2, 0.25) is 0 Å². The first-order chi connectivity index (χ1) is 12.2. The lowest BCUT2D eigenvalue weighted by atomic mass is 9.49. The number of likely N-dealkylation sites (N-methyl/N-ethyl adjacent to an activating group) is 1. The van der Waals surface area contributed by atoms with E-state index in [4.69, 9.17) is 12.2 Å². The van der Waals surface area contributed by atoms with Gasteiger partial charge >= 0.3 is 0 Å². The molecular formula is C18H21NO4. The summed E-state index contributed by atoms with van der Waals surface area (Å²) in [5.74, 6) is 0.669. The summed E-state index contributed by atoms with van der Waals surface area (Å²) >= 11 is 0. The standard InChI is InChI=1S/C18H21NO4/c1-19-8-7-17-14-10-3-4-12(22-2)15(14)23-16(17)11(20)5-6-18(17,21)13(19)9-10/h3-4,13,16,21H,5-9H2,1-2H3/t13-,16?,17+,18-/m1/s1/i9D2,13D. The summed E-state index contributed by atoms with van der Waals surface area (Å²) in [6, 6.07) is 1.32. The molecule has 2 aliphatic heterocycles. The third-order valence-electron chi connectivity index (χ3n) is 6.10. The van der Waals surface area contributed by atoms with Gasteiger partial charge in [0.15, 0.2) is 23.4 Å². The van der Waals surface area contributed by atoms with E-state index in [1.165, 1.54) is 7.11 Å². The molecule has 1 N–H and O–H groups in total. The molecule has 1 aromatic carbocycles. The number of ether oxygens (including phenoxy) is 2. The molecule has 0 aromatic heterocycles. The van der Waals surface area contributed by atoms with Crippen molar-refractivity contribution in [3.05, 3.63) is 23.3 Å². The van der Waals surface area contributed by atoms with Crippen LogP contribution in [-0.4, -0.2) is 54.2 Å². The number of ketones is 1. The summed E-state index contributed by atoms with van der Waals surface area (Å²) in [6.45, 7) is 0.397. The smallest absolute Gasteiger partial charge is 0.174 e.